The maximum absolute atomic E-state index is 11.6. The number of ketones is 1. The summed E-state index contributed by atoms with van der Waals surface area (Å²) in [5.74, 6) is 2.16. The van der Waals surface area contributed by atoms with Crippen molar-refractivity contribution in [2.24, 2.45) is 5.92 Å². The second-order valence-electron chi connectivity index (χ2n) is 7.81. The molecule has 0 heterocycles. The van der Waals surface area contributed by atoms with Gasteiger partial charge in [0.2, 0.25) is 0 Å². The van der Waals surface area contributed by atoms with E-state index in [0.717, 1.165) is 24.7 Å². The Bertz CT molecular complexity index is 523. The molecule has 2 aliphatic carbocycles. The van der Waals surface area contributed by atoms with Gasteiger partial charge in [0.15, 0.2) is 0 Å². The monoisotopic (exact) mass is 312 g/mol. The Morgan fingerprint density at radius 1 is 0.957 bits per heavy atom. The third kappa shape index (κ3) is 4.46. The summed E-state index contributed by atoms with van der Waals surface area (Å²) >= 11 is 0. The molecule has 1 nitrogen and oxygen atoms in total. The van der Waals surface area contributed by atoms with Crippen LogP contribution < -0.4 is 0 Å². The zero-order valence-corrected chi connectivity index (χ0v) is 14.8. The molecule has 2 aliphatic rings. The highest BCUT2D eigenvalue weighted by Gasteiger charge is 2.23. The number of carbonyl (C=O) groups excluding carboxylic acids is 1. The molecule has 3 rings (SSSR count). The van der Waals surface area contributed by atoms with Gasteiger partial charge >= 0.3 is 0 Å². The molecule has 0 N–H and O–H groups in total. The number of hydrogen-bond donors (Lipinski definition) is 0. The Hall–Kier alpha value is -1.11. The average Bonchev–Trinajstić information content (AvgIpc) is 2.59. The van der Waals surface area contributed by atoms with Crippen molar-refractivity contribution in [1.29, 1.82) is 0 Å². The number of unbranched alkanes of at least 4 members (excludes halogenated alkanes) is 3. The quantitative estimate of drug-likeness (QED) is 0.590. The lowest BCUT2D eigenvalue weighted by Gasteiger charge is -2.29. The molecule has 0 amide bonds. The fourth-order valence-corrected chi connectivity index (χ4v) is 4.52. The molecule has 0 aliphatic heterocycles. The number of aryl methyl sites for hydroxylation is 1. The van der Waals surface area contributed by atoms with E-state index >= 15 is 0 Å². The first-order valence-electron chi connectivity index (χ1n) is 9.89. The Labute approximate surface area is 141 Å². The van der Waals surface area contributed by atoms with E-state index < -0.39 is 0 Å². The first-order valence-corrected chi connectivity index (χ1v) is 9.89. The van der Waals surface area contributed by atoms with Gasteiger partial charge < -0.3 is 0 Å². The summed E-state index contributed by atoms with van der Waals surface area (Å²) in [6.07, 6.45) is 15.1. The van der Waals surface area contributed by atoms with E-state index in [1.807, 2.05) is 0 Å². The van der Waals surface area contributed by atoms with Crippen LogP contribution in [0.3, 0.4) is 0 Å². The Kier molecular flexibility index (Phi) is 5.91. The molecule has 126 valence electrons. The van der Waals surface area contributed by atoms with Crippen molar-refractivity contribution in [3.05, 3.63) is 34.9 Å². The van der Waals surface area contributed by atoms with Gasteiger partial charge in [0.1, 0.15) is 5.78 Å². The smallest absolute Gasteiger partial charge is 0.137 e. The van der Waals surface area contributed by atoms with E-state index in [2.05, 4.69) is 25.1 Å². The minimum absolute atomic E-state index is 0.411. The summed E-state index contributed by atoms with van der Waals surface area (Å²) in [4.78, 5) is 11.6. The molecule has 1 aromatic carbocycles. The fraction of sp³-hybridized carbons (Fsp3) is 0.682. The fourth-order valence-electron chi connectivity index (χ4n) is 4.52. The molecule has 0 aromatic heterocycles. The molecule has 0 unspecified atom stereocenters. The van der Waals surface area contributed by atoms with E-state index in [4.69, 9.17) is 0 Å². The van der Waals surface area contributed by atoms with Gasteiger partial charge in [0.25, 0.3) is 0 Å². The Morgan fingerprint density at radius 2 is 1.78 bits per heavy atom. The van der Waals surface area contributed by atoms with E-state index in [0.29, 0.717) is 12.2 Å². The summed E-state index contributed by atoms with van der Waals surface area (Å²) in [5.41, 5.74) is 4.28. The zero-order chi connectivity index (χ0) is 16.1. The molecule has 23 heavy (non-hydrogen) atoms. The van der Waals surface area contributed by atoms with Crippen molar-refractivity contribution in [3.63, 3.8) is 0 Å². The predicted octanol–water partition coefficient (Wildman–Crippen LogP) is 5.99. The van der Waals surface area contributed by atoms with Gasteiger partial charge in [-0.25, -0.2) is 0 Å². The van der Waals surface area contributed by atoms with E-state index in [1.54, 1.807) is 5.56 Å². The summed E-state index contributed by atoms with van der Waals surface area (Å²) in [6.45, 7) is 2.29. The summed E-state index contributed by atoms with van der Waals surface area (Å²) in [7, 11) is 0. The van der Waals surface area contributed by atoms with Gasteiger partial charge in [0, 0.05) is 12.8 Å². The SMILES string of the molecule is CCCCCCC1CCC(c2ccc3c(c2)CCC(=O)C3)CC1. The predicted molar refractivity (Wildman–Crippen MR) is 96.9 cm³/mol. The first-order chi connectivity index (χ1) is 11.3. The van der Waals surface area contributed by atoms with Crippen molar-refractivity contribution in [3.8, 4) is 0 Å². The van der Waals surface area contributed by atoms with Crippen LogP contribution in [0.25, 0.3) is 0 Å². The zero-order valence-electron chi connectivity index (χ0n) is 14.8. The number of carbonyl (C=O) groups is 1. The molecule has 0 spiro atoms. The molecule has 0 bridgehead atoms. The normalized spacial score (nSPS) is 24.5. The van der Waals surface area contributed by atoms with Crippen LogP contribution in [0.2, 0.25) is 0 Å². The van der Waals surface area contributed by atoms with Crippen molar-refractivity contribution in [1.82, 2.24) is 0 Å². The number of benzene rings is 1. The summed E-state index contributed by atoms with van der Waals surface area (Å²) < 4.78 is 0. The highest BCUT2D eigenvalue weighted by molar-refractivity contribution is 5.83. The van der Waals surface area contributed by atoms with Gasteiger partial charge in [-0.15, -0.1) is 0 Å². The molecule has 1 aromatic rings. The van der Waals surface area contributed by atoms with Crippen LogP contribution in [0.1, 0.15) is 93.7 Å². The van der Waals surface area contributed by atoms with Crippen molar-refractivity contribution < 1.29 is 4.79 Å². The van der Waals surface area contributed by atoms with Gasteiger partial charge in [-0.05, 0) is 60.6 Å². The lowest BCUT2D eigenvalue weighted by molar-refractivity contribution is -0.118. The minimum atomic E-state index is 0.411. The largest absolute Gasteiger partial charge is 0.299 e. The second-order valence-corrected chi connectivity index (χ2v) is 7.81. The average molecular weight is 312 g/mol. The first kappa shape index (κ1) is 16.7. The van der Waals surface area contributed by atoms with Crippen LogP contribution in [-0.4, -0.2) is 5.78 Å². The molecule has 1 heteroatoms. The van der Waals surface area contributed by atoms with Crippen LogP contribution in [0.15, 0.2) is 18.2 Å². The van der Waals surface area contributed by atoms with E-state index in [-0.39, 0.29) is 0 Å². The number of Topliss-reactive ketones (excluding diaryl/α,β-unsaturated/α-hetero) is 1. The molecule has 0 saturated heterocycles. The highest BCUT2D eigenvalue weighted by Crippen LogP contribution is 2.38. The maximum Gasteiger partial charge on any atom is 0.137 e. The highest BCUT2D eigenvalue weighted by atomic mass is 16.1. The van der Waals surface area contributed by atoms with Crippen LogP contribution >= 0.6 is 0 Å². The van der Waals surface area contributed by atoms with Crippen molar-refractivity contribution >= 4 is 5.78 Å². The molecule has 1 fully saturated rings. The molecule has 1 saturated carbocycles. The summed E-state index contributed by atoms with van der Waals surface area (Å²) in [6, 6.07) is 6.97. The maximum atomic E-state index is 11.6. The number of hydrogen-bond acceptors (Lipinski definition) is 1. The van der Waals surface area contributed by atoms with Crippen LogP contribution in [0, 0.1) is 5.92 Å². The molecular formula is C22H32O. The Morgan fingerprint density at radius 3 is 2.57 bits per heavy atom. The Balaban J connectivity index is 1.51. The van der Waals surface area contributed by atoms with Crippen LogP contribution in [0.5, 0.6) is 0 Å². The van der Waals surface area contributed by atoms with Gasteiger partial charge in [-0.3, -0.25) is 4.79 Å². The standard InChI is InChI=1S/C22H32O/c1-2-3-4-5-6-17-7-9-18(10-8-17)19-11-12-21-16-22(23)14-13-20(21)15-19/h11-12,15,17-18H,2-10,13-14,16H2,1H3. The van der Waals surface area contributed by atoms with Gasteiger partial charge in [-0.1, -0.05) is 57.2 Å². The van der Waals surface area contributed by atoms with Crippen LogP contribution in [0.4, 0.5) is 0 Å². The third-order valence-corrected chi connectivity index (χ3v) is 6.08. The molecule has 0 radical (unpaired) electrons. The van der Waals surface area contributed by atoms with Gasteiger partial charge in [0.05, 0.1) is 0 Å². The van der Waals surface area contributed by atoms with E-state index in [9.17, 15) is 4.79 Å². The molecular weight excluding hydrogens is 280 g/mol. The lowest BCUT2D eigenvalue weighted by atomic mass is 9.76. The third-order valence-electron chi connectivity index (χ3n) is 6.08. The van der Waals surface area contributed by atoms with Crippen molar-refractivity contribution in [2.75, 3.05) is 0 Å². The summed E-state index contributed by atoms with van der Waals surface area (Å²) in [5, 5.41) is 0. The van der Waals surface area contributed by atoms with Crippen LogP contribution in [-0.2, 0) is 17.6 Å². The minimum Gasteiger partial charge on any atom is -0.299 e. The van der Waals surface area contributed by atoms with Crippen molar-refractivity contribution in [2.45, 2.75) is 89.9 Å². The lowest BCUT2D eigenvalue weighted by Crippen LogP contribution is -2.16. The topological polar surface area (TPSA) is 17.1 Å². The number of fused-ring (bicyclic) bond motifs is 1. The molecule has 0 atom stereocenters. The number of rotatable bonds is 6. The van der Waals surface area contributed by atoms with E-state index in [1.165, 1.54) is 68.9 Å². The second kappa shape index (κ2) is 8.13. The van der Waals surface area contributed by atoms with Gasteiger partial charge in [-0.2, -0.15) is 0 Å².